The fourth-order valence-electron chi connectivity index (χ4n) is 2.38. The monoisotopic (exact) mass is 389 g/mol. The average Bonchev–Trinajstić information content (AvgIpc) is 3.27. The Labute approximate surface area is 156 Å². The van der Waals surface area contributed by atoms with Gasteiger partial charge in [0.2, 0.25) is 0 Å². The molecule has 0 aliphatic heterocycles. The van der Waals surface area contributed by atoms with Gasteiger partial charge in [-0.25, -0.2) is 4.98 Å². The normalized spacial score (nSPS) is 11.3. The second-order valence-corrected chi connectivity index (χ2v) is 7.65. The highest BCUT2D eigenvalue weighted by Crippen LogP contribution is 2.26. The molecule has 3 heterocycles. The molecule has 0 saturated heterocycles. The van der Waals surface area contributed by atoms with Crippen LogP contribution in [-0.4, -0.2) is 14.7 Å². The van der Waals surface area contributed by atoms with Crippen molar-refractivity contribution in [3.63, 3.8) is 0 Å². The number of hydrogen-bond acceptors (Lipinski definition) is 6. The highest BCUT2D eigenvalue weighted by molar-refractivity contribution is 7.98. The molecule has 0 atom stereocenters. The second kappa shape index (κ2) is 6.67. The first-order valence-electron chi connectivity index (χ1n) is 7.40. The van der Waals surface area contributed by atoms with Crippen molar-refractivity contribution in [1.29, 1.82) is 0 Å². The predicted octanol–water partition coefficient (Wildman–Crippen LogP) is 4.60. The Morgan fingerprint density at radius 3 is 2.88 bits per heavy atom. The highest BCUT2D eigenvalue weighted by atomic mass is 35.5. The maximum atomic E-state index is 12.3. The summed E-state index contributed by atoms with van der Waals surface area (Å²) in [6.07, 6.45) is 0. The summed E-state index contributed by atoms with van der Waals surface area (Å²) in [6, 6.07) is 11.1. The Kier molecular flexibility index (Phi) is 4.37. The maximum Gasteiger partial charge on any atom is 0.262 e. The summed E-state index contributed by atoms with van der Waals surface area (Å²) in [5.41, 5.74) is 1.66. The predicted molar refractivity (Wildman–Crippen MR) is 101 cm³/mol. The number of aromatic nitrogens is 3. The molecule has 0 spiro atoms. The molecule has 0 amide bonds. The van der Waals surface area contributed by atoms with Gasteiger partial charge in [0, 0.05) is 23.7 Å². The topological polar surface area (TPSA) is 60.9 Å². The third-order valence-corrected chi connectivity index (χ3v) is 5.82. The maximum absolute atomic E-state index is 12.3. The standard InChI is InChI=1S/C17H12ClN3O2S2/c1-21-16(22)13-6-7-24-15(13)19-17(21)25-9-12-8-14(20-23-12)10-2-4-11(18)5-3-10/h2-8H,9H2,1H3. The first kappa shape index (κ1) is 16.4. The Morgan fingerprint density at radius 2 is 2.08 bits per heavy atom. The molecular formula is C17H12ClN3O2S2. The molecule has 8 heteroatoms. The molecule has 0 aliphatic carbocycles. The number of fused-ring (bicyclic) bond motifs is 1. The summed E-state index contributed by atoms with van der Waals surface area (Å²) in [5, 5.41) is 7.96. The van der Waals surface area contributed by atoms with Crippen molar-refractivity contribution < 1.29 is 4.52 Å². The van der Waals surface area contributed by atoms with Gasteiger partial charge < -0.3 is 4.52 Å². The van der Waals surface area contributed by atoms with E-state index < -0.39 is 0 Å². The van der Waals surface area contributed by atoms with Crippen LogP contribution in [0.25, 0.3) is 21.5 Å². The molecule has 5 nitrogen and oxygen atoms in total. The Morgan fingerprint density at radius 1 is 1.28 bits per heavy atom. The van der Waals surface area contributed by atoms with Gasteiger partial charge in [-0.2, -0.15) is 0 Å². The van der Waals surface area contributed by atoms with E-state index in [1.165, 1.54) is 23.1 Å². The van der Waals surface area contributed by atoms with E-state index in [0.717, 1.165) is 21.8 Å². The molecule has 4 rings (SSSR count). The summed E-state index contributed by atoms with van der Waals surface area (Å²) in [7, 11) is 1.73. The fourth-order valence-corrected chi connectivity index (χ4v) is 4.16. The Hall–Kier alpha value is -2.09. The Bertz CT molecular complexity index is 1100. The van der Waals surface area contributed by atoms with Gasteiger partial charge in [0.25, 0.3) is 5.56 Å². The van der Waals surface area contributed by atoms with E-state index >= 15 is 0 Å². The van der Waals surface area contributed by atoms with Crippen LogP contribution in [0.1, 0.15) is 5.76 Å². The van der Waals surface area contributed by atoms with Gasteiger partial charge in [0.15, 0.2) is 5.16 Å². The van der Waals surface area contributed by atoms with Crippen molar-refractivity contribution in [2.75, 3.05) is 0 Å². The van der Waals surface area contributed by atoms with Gasteiger partial charge in [-0.1, -0.05) is 40.7 Å². The van der Waals surface area contributed by atoms with Crippen LogP contribution < -0.4 is 5.56 Å². The molecule has 0 bridgehead atoms. The fraction of sp³-hybridized carbons (Fsp3) is 0.118. The molecule has 3 aromatic heterocycles. The molecular weight excluding hydrogens is 378 g/mol. The first-order chi connectivity index (χ1) is 12.1. The van der Waals surface area contributed by atoms with E-state index in [-0.39, 0.29) is 5.56 Å². The zero-order valence-electron chi connectivity index (χ0n) is 13.1. The van der Waals surface area contributed by atoms with Gasteiger partial charge in [-0.15, -0.1) is 11.3 Å². The van der Waals surface area contributed by atoms with Crippen LogP contribution in [-0.2, 0) is 12.8 Å². The second-order valence-electron chi connectivity index (χ2n) is 5.37. The van der Waals surface area contributed by atoms with E-state index in [4.69, 9.17) is 16.1 Å². The lowest BCUT2D eigenvalue weighted by Gasteiger charge is -2.05. The average molecular weight is 390 g/mol. The number of thiophene rings is 1. The van der Waals surface area contributed by atoms with E-state index in [0.29, 0.717) is 21.3 Å². The summed E-state index contributed by atoms with van der Waals surface area (Å²) in [5.74, 6) is 1.26. The zero-order valence-corrected chi connectivity index (χ0v) is 15.5. The van der Waals surface area contributed by atoms with Gasteiger partial charge in [-0.3, -0.25) is 9.36 Å². The number of halogens is 1. The number of nitrogens with zero attached hydrogens (tertiary/aromatic N) is 3. The van der Waals surface area contributed by atoms with Crippen molar-refractivity contribution in [3.8, 4) is 11.3 Å². The first-order valence-corrected chi connectivity index (χ1v) is 9.65. The smallest absolute Gasteiger partial charge is 0.262 e. The van der Waals surface area contributed by atoms with E-state index in [2.05, 4.69) is 10.1 Å². The minimum Gasteiger partial charge on any atom is -0.360 e. The minimum absolute atomic E-state index is 0.0341. The molecule has 0 unspecified atom stereocenters. The summed E-state index contributed by atoms with van der Waals surface area (Å²) < 4.78 is 6.96. The van der Waals surface area contributed by atoms with E-state index in [9.17, 15) is 4.79 Å². The SMILES string of the molecule is Cn1c(SCc2cc(-c3ccc(Cl)cc3)no2)nc2sccc2c1=O. The third-order valence-electron chi connectivity index (χ3n) is 3.71. The van der Waals surface area contributed by atoms with E-state index in [1.54, 1.807) is 17.7 Å². The molecule has 0 fully saturated rings. The number of hydrogen-bond donors (Lipinski definition) is 0. The molecule has 4 aromatic rings. The summed E-state index contributed by atoms with van der Waals surface area (Å²) >= 11 is 8.81. The van der Waals surface area contributed by atoms with E-state index in [1.807, 2.05) is 35.7 Å². The van der Waals surface area contributed by atoms with Gasteiger partial charge in [-0.05, 0) is 23.6 Å². The van der Waals surface area contributed by atoms with Crippen LogP contribution in [0.4, 0.5) is 0 Å². The molecule has 25 heavy (non-hydrogen) atoms. The highest BCUT2D eigenvalue weighted by Gasteiger charge is 2.12. The molecule has 0 aliphatic rings. The quantitative estimate of drug-likeness (QED) is 0.377. The number of thioether (sulfide) groups is 1. The summed E-state index contributed by atoms with van der Waals surface area (Å²) in [4.78, 5) is 17.6. The van der Waals surface area contributed by atoms with Crippen molar-refractivity contribution >= 4 is 44.9 Å². The van der Waals surface area contributed by atoms with Crippen molar-refractivity contribution in [2.45, 2.75) is 10.9 Å². The largest absolute Gasteiger partial charge is 0.360 e. The van der Waals surface area contributed by atoms with Crippen LogP contribution in [0.3, 0.4) is 0 Å². The van der Waals surface area contributed by atoms with Gasteiger partial charge in [0.05, 0.1) is 11.1 Å². The minimum atomic E-state index is -0.0341. The zero-order chi connectivity index (χ0) is 17.4. The number of benzene rings is 1. The van der Waals surface area contributed by atoms with Crippen LogP contribution in [0, 0.1) is 0 Å². The molecule has 0 N–H and O–H groups in total. The summed E-state index contributed by atoms with van der Waals surface area (Å²) in [6.45, 7) is 0. The molecule has 126 valence electrons. The molecule has 0 saturated carbocycles. The van der Waals surface area contributed by atoms with Gasteiger partial charge in [0.1, 0.15) is 16.3 Å². The third kappa shape index (κ3) is 3.22. The van der Waals surface area contributed by atoms with Gasteiger partial charge >= 0.3 is 0 Å². The van der Waals surface area contributed by atoms with Crippen LogP contribution in [0.2, 0.25) is 5.02 Å². The molecule has 1 aromatic carbocycles. The lowest BCUT2D eigenvalue weighted by molar-refractivity contribution is 0.397. The van der Waals surface area contributed by atoms with Crippen LogP contribution >= 0.6 is 34.7 Å². The van der Waals surface area contributed by atoms with Crippen LogP contribution in [0.15, 0.2) is 56.3 Å². The number of rotatable bonds is 4. The van der Waals surface area contributed by atoms with Crippen molar-refractivity contribution in [3.05, 3.63) is 62.9 Å². The molecule has 0 radical (unpaired) electrons. The van der Waals surface area contributed by atoms with Crippen LogP contribution in [0.5, 0.6) is 0 Å². The van der Waals surface area contributed by atoms with Crippen molar-refractivity contribution in [2.24, 2.45) is 7.05 Å². The lowest BCUT2D eigenvalue weighted by Crippen LogP contribution is -2.19. The van der Waals surface area contributed by atoms with Crippen molar-refractivity contribution in [1.82, 2.24) is 14.7 Å². The Balaban J connectivity index is 1.55. The lowest BCUT2D eigenvalue weighted by atomic mass is 10.1.